The molecule has 4 heteroatoms. The molecule has 21 heavy (non-hydrogen) atoms. The van der Waals surface area contributed by atoms with Gasteiger partial charge in [-0.25, -0.2) is 0 Å². The van der Waals surface area contributed by atoms with Crippen LogP contribution in [-0.2, 0) is 0 Å². The van der Waals surface area contributed by atoms with E-state index in [2.05, 4.69) is 9.88 Å². The minimum Gasteiger partial charge on any atom is -0.495 e. The van der Waals surface area contributed by atoms with E-state index in [4.69, 9.17) is 10.5 Å². The molecule has 2 heterocycles. The number of nitrogens with two attached hydrogens (primary N) is 1. The number of hydrogen-bond donors (Lipinski definition) is 1. The SMILES string of the molecule is COc1cccnc1C(N)C1(N2CCCCC2)CCCC1. The Balaban J connectivity index is 1.92. The average molecular weight is 289 g/mol. The quantitative estimate of drug-likeness (QED) is 0.926. The highest BCUT2D eigenvalue weighted by atomic mass is 16.5. The summed E-state index contributed by atoms with van der Waals surface area (Å²) in [5.41, 5.74) is 7.77. The van der Waals surface area contributed by atoms with E-state index < -0.39 is 0 Å². The lowest BCUT2D eigenvalue weighted by molar-refractivity contribution is 0.0459. The van der Waals surface area contributed by atoms with Crippen molar-refractivity contribution in [3.05, 3.63) is 24.0 Å². The highest BCUT2D eigenvalue weighted by Gasteiger charge is 2.46. The van der Waals surface area contributed by atoms with Crippen molar-refractivity contribution in [1.29, 1.82) is 0 Å². The van der Waals surface area contributed by atoms with E-state index in [1.165, 1.54) is 58.0 Å². The van der Waals surface area contributed by atoms with E-state index in [-0.39, 0.29) is 11.6 Å². The first-order valence-corrected chi connectivity index (χ1v) is 8.27. The van der Waals surface area contributed by atoms with Crippen LogP contribution >= 0.6 is 0 Å². The van der Waals surface area contributed by atoms with E-state index >= 15 is 0 Å². The number of aromatic nitrogens is 1. The zero-order valence-corrected chi connectivity index (χ0v) is 13.1. The Bertz CT molecular complexity index is 465. The third-order valence-electron chi connectivity index (χ3n) is 5.35. The molecular weight excluding hydrogens is 262 g/mol. The number of rotatable bonds is 4. The largest absolute Gasteiger partial charge is 0.495 e. The molecule has 2 fully saturated rings. The summed E-state index contributed by atoms with van der Waals surface area (Å²) in [6.07, 6.45) is 10.7. The molecule has 1 saturated carbocycles. The van der Waals surface area contributed by atoms with Gasteiger partial charge in [-0.05, 0) is 50.9 Å². The normalized spacial score (nSPS) is 23.9. The topological polar surface area (TPSA) is 51.4 Å². The third kappa shape index (κ3) is 2.67. The van der Waals surface area contributed by atoms with Crippen molar-refractivity contribution in [1.82, 2.24) is 9.88 Å². The molecular formula is C17H27N3O. The Morgan fingerprint density at radius 3 is 2.57 bits per heavy atom. The van der Waals surface area contributed by atoms with Gasteiger partial charge in [-0.2, -0.15) is 0 Å². The van der Waals surface area contributed by atoms with Crippen molar-refractivity contribution in [3.63, 3.8) is 0 Å². The van der Waals surface area contributed by atoms with Gasteiger partial charge in [0.15, 0.2) is 0 Å². The second-order valence-corrected chi connectivity index (χ2v) is 6.43. The fraction of sp³-hybridized carbons (Fsp3) is 0.706. The number of pyridine rings is 1. The molecule has 2 N–H and O–H groups in total. The summed E-state index contributed by atoms with van der Waals surface area (Å²) in [4.78, 5) is 7.21. The van der Waals surface area contributed by atoms with Crippen LogP contribution in [0.5, 0.6) is 5.75 Å². The van der Waals surface area contributed by atoms with E-state index in [1.807, 2.05) is 18.3 Å². The molecule has 1 aliphatic heterocycles. The van der Waals surface area contributed by atoms with Crippen LogP contribution in [0.2, 0.25) is 0 Å². The van der Waals surface area contributed by atoms with Crippen molar-refractivity contribution in [2.75, 3.05) is 20.2 Å². The Labute approximate surface area is 127 Å². The fourth-order valence-electron chi connectivity index (χ4n) is 4.21. The molecule has 0 aromatic carbocycles. The van der Waals surface area contributed by atoms with Crippen molar-refractivity contribution in [2.24, 2.45) is 5.73 Å². The van der Waals surface area contributed by atoms with Gasteiger partial charge in [0.1, 0.15) is 11.4 Å². The molecule has 1 aliphatic carbocycles. The molecule has 1 unspecified atom stereocenters. The van der Waals surface area contributed by atoms with Gasteiger partial charge >= 0.3 is 0 Å². The summed E-state index contributed by atoms with van der Waals surface area (Å²) >= 11 is 0. The molecule has 1 saturated heterocycles. The zero-order valence-electron chi connectivity index (χ0n) is 13.1. The maximum Gasteiger partial charge on any atom is 0.142 e. The lowest BCUT2D eigenvalue weighted by atomic mass is 9.83. The van der Waals surface area contributed by atoms with Crippen molar-refractivity contribution in [2.45, 2.75) is 56.5 Å². The Kier molecular flexibility index (Phi) is 4.45. The van der Waals surface area contributed by atoms with Gasteiger partial charge in [-0.1, -0.05) is 19.3 Å². The minimum atomic E-state index is -0.0609. The molecule has 0 amide bonds. The van der Waals surface area contributed by atoms with Crippen molar-refractivity contribution < 1.29 is 4.74 Å². The van der Waals surface area contributed by atoms with E-state index in [0.717, 1.165) is 11.4 Å². The lowest BCUT2D eigenvalue weighted by Crippen LogP contribution is -2.55. The zero-order chi connectivity index (χ0) is 14.7. The Morgan fingerprint density at radius 1 is 1.19 bits per heavy atom. The first kappa shape index (κ1) is 14.8. The van der Waals surface area contributed by atoms with E-state index in [1.54, 1.807) is 7.11 Å². The smallest absolute Gasteiger partial charge is 0.142 e. The van der Waals surface area contributed by atoms with Crippen LogP contribution in [0.1, 0.15) is 56.7 Å². The summed E-state index contributed by atoms with van der Waals surface area (Å²) in [6.45, 7) is 2.37. The number of methoxy groups -OCH3 is 1. The highest BCUT2D eigenvalue weighted by molar-refractivity contribution is 5.32. The van der Waals surface area contributed by atoms with Gasteiger partial charge in [0.05, 0.1) is 13.2 Å². The molecule has 0 spiro atoms. The van der Waals surface area contributed by atoms with E-state index in [9.17, 15) is 0 Å². The van der Waals surface area contributed by atoms with Gasteiger partial charge in [0, 0.05) is 11.7 Å². The van der Waals surface area contributed by atoms with Crippen molar-refractivity contribution >= 4 is 0 Å². The maximum atomic E-state index is 6.76. The first-order chi connectivity index (χ1) is 10.3. The van der Waals surface area contributed by atoms with Gasteiger partial charge in [0.25, 0.3) is 0 Å². The van der Waals surface area contributed by atoms with Crippen molar-refractivity contribution in [3.8, 4) is 5.75 Å². The summed E-state index contributed by atoms with van der Waals surface area (Å²) in [7, 11) is 1.70. The molecule has 1 aromatic rings. The highest BCUT2D eigenvalue weighted by Crippen LogP contribution is 2.45. The molecule has 0 radical (unpaired) electrons. The summed E-state index contributed by atoms with van der Waals surface area (Å²) in [6, 6.07) is 3.83. The number of likely N-dealkylation sites (tertiary alicyclic amines) is 1. The average Bonchev–Trinajstić information content (AvgIpc) is 3.06. The monoisotopic (exact) mass is 289 g/mol. The molecule has 4 nitrogen and oxygen atoms in total. The number of ether oxygens (including phenoxy) is 1. The summed E-state index contributed by atoms with van der Waals surface area (Å²) < 4.78 is 5.50. The molecule has 2 aliphatic rings. The molecule has 116 valence electrons. The van der Waals surface area contributed by atoms with Crippen LogP contribution in [0.25, 0.3) is 0 Å². The molecule has 1 atom stereocenters. The van der Waals surface area contributed by atoms with Crippen LogP contribution in [-0.4, -0.2) is 35.6 Å². The molecule has 3 rings (SSSR count). The predicted molar refractivity (Wildman–Crippen MR) is 84.3 cm³/mol. The second-order valence-electron chi connectivity index (χ2n) is 6.43. The van der Waals surface area contributed by atoms with Crippen LogP contribution in [0.15, 0.2) is 18.3 Å². The van der Waals surface area contributed by atoms with Crippen LogP contribution < -0.4 is 10.5 Å². The third-order valence-corrected chi connectivity index (χ3v) is 5.35. The van der Waals surface area contributed by atoms with E-state index in [0.29, 0.717) is 0 Å². The van der Waals surface area contributed by atoms with Gasteiger partial charge in [-0.15, -0.1) is 0 Å². The van der Waals surface area contributed by atoms with Crippen LogP contribution in [0.3, 0.4) is 0 Å². The van der Waals surface area contributed by atoms with Gasteiger partial charge in [0.2, 0.25) is 0 Å². The standard InChI is InChI=1S/C17H27N3O/c1-21-14-8-7-11-19-15(14)16(18)17(9-3-4-10-17)20-12-5-2-6-13-20/h7-8,11,16H,2-6,9-10,12-13,18H2,1H3. The first-order valence-electron chi connectivity index (χ1n) is 8.27. The lowest BCUT2D eigenvalue weighted by Gasteiger charge is -2.47. The summed E-state index contributed by atoms with van der Waals surface area (Å²) in [5, 5.41) is 0. The summed E-state index contributed by atoms with van der Waals surface area (Å²) in [5.74, 6) is 0.827. The number of hydrogen-bond acceptors (Lipinski definition) is 4. The Hall–Kier alpha value is -1.13. The van der Waals surface area contributed by atoms with Gasteiger partial charge < -0.3 is 10.5 Å². The minimum absolute atomic E-state index is 0.0609. The second kappa shape index (κ2) is 6.32. The Morgan fingerprint density at radius 2 is 1.90 bits per heavy atom. The van der Waals surface area contributed by atoms with Crippen LogP contribution in [0.4, 0.5) is 0 Å². The molecule has 0 bridgehead atoms. The number of nitrogens with zero attached hydrogens (tertiary/aromatic N) is 2. The fourth-order valence-corrected chi connectivity index (χ4v) is 4.21. The van der Waals surface area contributed by atoms with Crippen LogP contribution in [0, 0.1) is 0 Å². The molecule has 1 aromatic heterocycles. The number of piperidine rings is 1. The maximum absolute atomic E-state index is 6.76. The predicted octanol–water partition coefficient (Wildman–Crippen LogP) is 2.89. The van der Waals surface area contributed by atoms with Gasteiger partial charge in [-0.3, -0.25) is 9.88 Å².